The van der Waals surface area contributed by atoms with E-state index in [0.717, 1.165) is 0 Å². The molecular weight excluding hydrogens is 370 g/mol. The van der Waals surface area contributed by atoms with Gasteiger partial charge in [0.1, 0.15) is 5.69 Å². The zero-order valence-corrected chi connectivity index (χ0v) is 15.3. The summed E-state index contributed by atoms with van der Waals surface area (Å²) in [5, 5.41) is 9.02. The molecule has 0 radical (unpaired) electrons. The second-order valence-electron chi connectivity index (χ2n) is 6.17. The first-order valence-electron chi connectivity index (χ1n) is 8.37. The molecule has 3 rings (SSSR count). The number of aromatic carboxylic acids is 1. The molecular formula is C18H19N3O5S. The summed E-state index contributed by atoms with van der Waals surface area (Å²) in [5.74, 6) is -1.62. The average Bonchev–Trinajstić information content (AvgIpc) is 2.68. The number of carbonyl (C=O) groups is 2. The molecule has 2 aromatic rings. The molecule has 1 fully saturated rings. The fourth-order valence-electron chi connectivity index (χ4n) is 2.89. The molecule has 142 valence electrons. The molecule has 1 saturated heterocycles. The van der Waals surface area contributed by atoms with Gasteiger partial charge in [0.2, 0.25) is 10.0 Å². The number of aromatic nitrogens is 1. The van der Waals surface area contributed by atoms with Crippen molar-refractivity contribution in [2.45, 2.75) is 5.75 Å². The fourth-order valence-corrected chi connectivity index (χ4v) is 4.40. The molecule has 8 nitrogen and oxygen atoms in total. The van der Waals surface area contributed by atoms with Gasteiger partial charge in [0.15, 0.2) is 0 Å². The van der Waals surface area contributed by atoms with E-state index in [-0.39, 0.29) is 43.2 Å². The van der Waals surface area contributed by atoms with E-state index in [1.165, 1.54) is 27.5 Å². The largest absolute Gasteiger partial charge is 0.478 e. The number of amides is 1. The Hall–Kier alpha value is -2.78. The van der Waals surface area contributed by atoms with Crippen LogP contribution in [-0.4, -0.2) is 65.8 Å². The standard InChI is InChI=1S/C18H19N3O5S/c22-17(16-12-15(18(23)24)6-7-19-16)20-8-10-21(11-9-20)27(25,26)13-14-4-2-1-3-5-14/h1-7,12H,8-11,13H2,(H,23,24). The van der Waals surface area contributed by atoms with Gasteiger partial charge in [0.05, 0.1) is 11.3 Å². The van der Waals surface area contributed by atoms with E-state index in [0.29, 0.717) is 5.56 Å². The SMILES string of the molecule is O=C(O)c1ccnc(C(=O)N2CCN(S(=O)(=O)Cc3ccccc3)CC2)c1. The molecule has 1 aromatic carbocycles. The number of piperazine rings is 1. The van der Waals surface area contributed by atoms with Crippen LogP contribution in [0.2, 0.25) is 0 Å². The molecule has 1 amide bonds. The van der Waals surface area contributed by atoms with Crippen molar-refractivity contribution < 1.29 is 23.1 Å². The van der Waals surface area contributed by atoms with Crippen molar-refractivity contribution in [1.82, 2.24) is 14.2 Å². The smallest absolute Gasteiger partial charge is 0.335 e. The summed E-state index contributed by atoms with van der Waals surface area (Å²) in [4.78, 5) is 29.0. The van der Waals surface area contributed by atoms with Crippen molar-refractivity contribution in [3.05, 3.63) is 65.5 Å². The number of pyridine rings is 1. The van der Waals surface area contributed by atoms with Crippen molar-refractivity contribution >= 4 is 21.9 Å². The Bertz CT molecular complexity index is 938. The Morgan fingerprint density at radius 1 is 1.04 bits per heavy atom. The number of nitrogens with zero attached hydrogens (tertiary/aromatic N) is 3. The first-order valence-corrected chi connectivity index (χ1v) is 9.98. The highest BCUT2D eigenvalue weighted by atomic mass is 32.2. The molecule has 0 saturated carbocycles. The van der Waals surface area contributed by atoms with Crippen LogP contribution in [0.15, 0.2) is 48.7 Å². The molecule has 1 aliphatic heterocycles. The fraction of sp³-hybridized carbons (Fsp3) is 0.278. The average molecular weight is 389 g/mol. The number of sulfonamides is 1. The molecule has 27 heavy (non-hydrogen) atoms. The van der Waals surface area contributed by atoms with Crippen LogP contribution in [0.25, 0.3) is 0 Å². The summed E-state index contributed by atoms with van der Waals surface area (Å²) >= 11 is 0. The van der Waals surface area contributed by atoms with Crippen LogP contribution in [0.3, 0.4) is 0 Å². The first-order chi connectivity index (χ1) is 12.9. The van der Waals surface area contributed by atoms with Crippen LogP contribution >= 0.6 is 0 Å². The number of carbonyl (C=O) groups excluding carboxylic acids is 1. The maximum absolute atomic E-state index is 12.6. The molecule has 2 heterocycles. The van der Waals surface area contributed by atoms with E-state index in [1.54, 1.807) is 24.3 Å². The van der Waals surface area contributed by atoms with E-state index >= 15 is 0 Å². The van der Waals surface area contributed by atoms with Crippen LogP contribution < -0.4 is 0 Å². The second-order valence-corrected chi connectivity index (χ2v) is 8.14. The third kappa shape index (κ3) is 4.50. The third-order valence-electron chi connectivity index (χ3n) is 4.34. The van der Waals surface area contributed by atoms with E-state index < -0.39 is 21.9 Å². The molecule has 0 spiro atoms. The third-order valence-corrected chi connectivity index (χ3v) is 6.19. The highest BCUT2D eigenvalue weighted by molar-refractivity contribution is 7.88. The molecule has 0 unspecified atom stereocenters. The topological polar surface area (TPSA) is 108 Å². The van der Waals surface area contributed by atoms with Crippen molar-refractivity contribution in [2.24, 2.45) is 0 Å². The molecule has 0 aliphatic carbocycles. The Morgan fingerprint density at radius 2 is 1.70 bits per heavy atom. The quantitative estimate of drug-likeness (QED) is 0.819. The zero-order chi connectivity index (χ0) is 19.4. The monoisotopic (exact) mass is 389 g/mol. The lowest BCUT2D eigenvalue weighted by atomic mass is 10.2. The molecule has 1 N–H and O–H groups in total. The van der Waals surface area contributed by atoms with Gasteiger partial charge >= 0.3 is 5.97 Å². The van der Waals surface area contributed by atoms with Gasteiger partial charge < -0.3 is 10.0 Å². The Balaban J connectivity index is 1.64. The van der Waals surface area contributed by atoms with E-state index in [2.05, 4.69) is 4.98 Å². The van der Waals surface area contributed by atoms with Crippen LogP contribution in [0.4, 0.5) is 0 Å². The van der Waals surface area contributed by atoms with Gasteiger partial charge in [-0.3, -0.25) is 9.78 Å². The summed E-state index contributed by atoms with van der Waals surface area (Å²) in [6.07, 6.45) is 1.28. The van der Waals surface area contributed by atoms with Gasteiger partial charge in [0.25, 0.3) is 5.91 Å². The number of hydrogen-bond acceptors (Lipinski definition) is 5. The molecule has 0 atom stereocenters. The number of carboxylic acid groups (broad SMARTS) is 1. The zero-order valence-electron chi connectivity index (χ0n) is 14.5. The summed E-state index contributed by atoms with van der Waals surface area (Å²) in [6.45, 7) is 0.844. The number of hydrogen-bond donors (Lipinski definition) is 1. The summed E-state index contributed by atoms with van der Waals surface area (Å²) in [7, 11) is -3.47. The molecule has 0 bridgehead atoms. The predicted octanol–water partition coefficient (Wildman–Crippen LogP) is 1.07. The summed E-state index contributed by atoms with van der Waals surface area (Å²) < 4.78 is 26.5. The van der Waals surface area contributed by atoms with E-state index in [9.17, 15) is 18.0 Å². The second kappa shape index (κ2) is 7.85. The van der Waals surface area contributed by atoms with Gasteiger partial charge in [-0.2, -0.15) is 4.31 Å². The highest BCUT2D eigenvalue weighted by Crippen LogP contribution is 2.15. The van der Waals surface area contributed by atoms with E-state index in [4.69, 9.17) is 5.11 Å². The summed E-state index contributed by atoms with van der Waals surface area (Å²) in [6, 6.07) is 11.5. The lowest BCUT2D eigenvalue weighted by Crippen LogP contribution is -2.50. The first kappa shape index (κ1) is 19.0. The number of benzene rings is 1. The lowest BCUT2D eigenvalue weighted by molar-refractivity contribution is 0.0691. The van der Waals surface area contributed by atoms with Crippen LogP contribution in [0.5, 0.6) is 0 Å². The summed E-state index contributed by atoms with van der Waals surface area (Å²) in [5.41, 5.74) is 0.735. The Morgan fingerprint density at radius 3 is 2.33 bits per heavy atom. The van der Waals surface area contributed by atoms with Crippen molar-refractivity contribution in [3.8, 4) is 0 Å². The number of carboxylic acids is 1. The minimum absolute atomic E-state index is 0.0163. The van der Waals surface area contributed by atoms with Crippen molar-refractivity contribution in [3.63, 3.8) is 0 Å². The maximum atomic E-state index is 12.6. The Labute approximate surface area is 157 Å². The van der Waals surface area contributed by atoms with Gasteiger partial charge in [-0.15, -0.1) is 0 Å². The molecule has 1 aliphatic rings. The molecule has 9 heteroatoms. The lowest BCUT2D eigenvalue weighted by Gasteiger charge is -2.33. The van der Waals surface area contributed by atoms with Gasteiger partial charge in [-0.1, -0.05) is 30.3 Å². The molecule has 1 aromatic heterocycles. The van der Waals surface area contributed by atoms with Crippen LogP contribution in [-0.2, 0) is 15.8 Å². The van der Waals surface area contributed by atoms with Crippen molar-refractivity contribution in [2.75, 3.05) is 26.2 Å². The highest BCUT2D eigenvalue weighted by Gasteiger charge is 2.29. The van der Waals surface area contributed by atoms with Gasteiger partial charge in [0, 0.05) is 32.4 Å². The Kier molecular flexibility index (Phi) is 5.52. The number of rotatable bonds is 5. The van der Waals surface area contributed by atoms with Crippen LogP contribution in [0, 0.1) is 0 Å². The van der Waals surface area contributed by atoms with Gasteiger partial charge in [-0.05, 0) is 17.7 Å². The maximum Gasteiger partial charge on any atom is 0.335 e. The van der Waals surface area contributed by atoms with Crippen LogP contribution in [0.1, 0.15) is 26.4 Å². The minimum atomic E-state index is -3.47. The van der Waals surface area contributed by atoms with Gasteiger partial charge in [-0.25, -0.2) is 13.2 Å². The van der Waals surface area contributed by atoms with Crippen molar-refractivity contribution in [1.29, 1.82) is 0 Å². The van der Waals surface area contributed by atoms with E-state index in [1.807, 2.05) is 6.07 Å². The predicted molar refractivity (Wildman–Crippen MR) is 97.7 cm³/mol. The minimum Gasteiger partial charge on any atom is -0.478 e. The normalized spacial score (nSPS) is 15.5.